The fourth-order valence-electron chi connectivity index (χ4n) is 0.387. The molecule has 0 atom stereocenters. The molecule has 50 valence electrons. The number of rotatable bonds is 0. The van der Waals surface area contributed by atoms with Crippen LogP contribution in [0.15, 0.2) is 22.7 Å². The summed E-state index contributed by atoms with van der Waals surface area (Å²) in [6.45, 7) is 0. The molecule has 4 heteroatoms. The summed E-state index contributed by atoms with van der Waals surface area (Å²) in [5.74, 6) is -0.326. The van der Waals surface area contributed by atoms with Crippen LogP contribution in [0.3, 0.4) is 0 Å². The van der Waals surface area contributed by atoms with Crippen molar-refractivity contribution < 1.29 is 16.8 Å². The van der Waals surface area contributed by atoms with Gasteiger partial charge in [-0.1, -0.05) is 4.47 Å². The van der Waals surface area contributed by atoms with E-state index in [2.05, 4.69) is 22.0 Å². The molecule has 10 heavy (non-hydrogen) atoms. The van der Waals surface area contributed by atoms with Crippen molar-refractivity contribution in [3.63, 3.8) is 0 Å². The Morgan fingerprint density at radius 3 is 2.30 bits per heavy atom. The molecular formula is C6H3BrClFMg. The molecule has 0 aliphatic rings. The summed E-state index contributed by atoms with van der Waals surface area (Å²) in [6, 6.07) is 6.91. The molecule has 1 aromatic carbocycles. The van der Waals surface area contributed by atoms with Crippen LogP contribution in [-0.4, -0.2) is 23.1 Å². The molecule has 0 unspecified atom stereocenters. The predicted octanol–water partition coefficient (Wildman–Crippen LogP) is -0.988. The first-order valence-electron chi connectivity index (χ1n) is 2.12. The van der Waals surface area contributed by atoms with Gasteiger partial charge in [0.05, 0.1) is 0 Å². The molecule has 0 aromatic heterocycles. The molecule has 0 radical (unpaired) electrons. The van der Waals surface area contributed by atoms with Crippen LogP contribution in [0, 0.1) is 11.9 Å². The minimum Gasteiger partial charge on any atom is -1.00 e. The topological polar surface area (TPSA) is 0 Å². The van der Waals surface area contributed by atoms with Gasteiger partial charge in [0, 0.05) is 5.82 Å². The molecule has 0 amide bonds. The van der Waals surface area contributed by atoms with Gasteiger partial charge in [0.25, 0.3) is 0 Å². The van der Waals surface area contributed by atoms with E-state index in [1.165, 1.54) is 12.1 Å². The number of hydrogen-bond donors (Lipinski definition) is 0. The molecule has 0 bridgehead atoms. The van der Waals surface area contributed by atoms with Crippen molar-refractivity contribution in [3.8, 4) is 0 Å². The summed E-state index contributed by atoms with van der Waals surface area (Å²) in [5.41, 5.74) is 0. The van der Waals surface area contributed by atoms with Gasteiger partial charge in [0.1, 0.15) is 0 Å². The van der Waals surface area contributed by atoms with Crippen LogP contribution in [0.1, 0.15) is 0 Å². The van der Waals surface area contributed by atoms with E-state index in [-0.39, 0.29) is 41.3 Å². The van der Waals surface area contributed by atoms with Gasteiger partial charge in [0.2, 0.25) is 0 Å². The average Bonchev–Trinajstić information content (AvgIpc) is 1.77. The monoisotopic (exact) mass is 232 g/mol. The second kappa shape index (κ2) is 6.40. The fourth-order valence-corrected chi connectivity index (χ4v) is 0.634. The van der Waals surface area contributed by atoms with Gasteiger partial charge < -0.3 is 12.4 Å². The van der Waals surface area contributed by atoms with Gasteiger partial charge in [-0.2, -0.15) is 12.1 Å². The average molecular weight is 234 g/mol. The zero-order chi connectivity index (χ0) is 5.98. The molecule has 0 heterocycles. The van der Waals surface area contributed by atoms with E-state index in [0.29, 0.717) is 0 Å². The molecule has 0 fully saturated rings. The van der Waals surface area contributed by atoms with Crippen molar-refractivity contribution in [2.24, 2.45) is 0 Å². The Kier molecular flexibility index (Phi) is 8.50. The first-order chi connectivity index (χ1) is 3.79. The van der Waals surface area contributed by atoms with E-state index in [1.54, 1.807) is 6.07 Å². The van der Waals surface area contributed by atoms with Gasteiger partial charge in [-0.05, 0) is 0 Å². The van der Waals surface area contributed by atoms with Gasteiger partial charge >= 0.3 is 23.1 Å². The molecule has 1 rings (SSSR count). The van der Waals surface area contributed by atoms with Gasteiger partial charge in [-0.3, -0.25) is 0 Å². The van der Waals surface area contributed by atoms with Crippen molar-refractivity contribution >= 4 is 39.0 Å². The molecule has 0 N–H and O–H groups in total. The van der Waals surface area contributed by atoms with Crippen molar-refractivity contribution in [3.05, 3.63) is 34.6 Å². The second-order valence-corrected chi connectivity index (χ2v) is 2.27. The summed E-state index contributed by atoms with van der Waals surface area (Å²) in [6.07, 6.45) is 0. The molecule has 0 saturated carbocycles. The van der Waals surface area contributed by atoms with Crippen LogP contribution < -0.4 is 12.4 Å². The summed E-state index contributed by atoms with van der Waals surface area (Å²) >= 11 is 3.15. The van der Waals surface area contributed by atoms with E-state index in [0.717, 1.165) is 4.47 Å². The summed E-state index contributed by atoms with van der Waals surface area (Å²) in [5, 5.41) is 0. The van der Waals surface area contributed by atoms with E-state index in [4.69, 9.17) is 0 Å². The molecule has 1 aromatic rings. The number of benzene rings is 1. The molecule has 0 aliphatic heterocycles. The standard InChI is InChI=1S/C6H3BrF.ClH.Mg/c7-5-1-3-6(8)4-2-5;;/h1-3H;1H;/q-1;;+2/p-1. The summed E-state index contributed by atoms with van der Waals surface area (Å²) in [7, 11) is 0. The number of halogens is 3. The zero-order valence-electron chi connectivity index (χ0n) is 5.07. The first kappa shape index (κ1) is 13.3. The minimum atomic E-state index is -0.326. The predicted molar refractivity (Wildman–Crippen MR) is 38.7 cm³/mol. The smallest absolute Gasteiger partial charge is 1.00 e. The van der Waals surface area contributed by atoms with E-state index >= 15 is 0 Å². The van der Waals surface area contributed by atoms with Crippen molar-refractivity contribution in [2.75, 3.05) is 0 Å². The van der Waals surface area contributed by atoms with Crippen LogP contribution in [-0.2, 0) is 0 Å². The molecule has 0 aliphatic carbocycles. The fraction of sp³-hybridized carbons (Fsp3) is 0. The maximum atomic E-state index is 12.0. The van der Waals surface area contributed by atoms with E-state index in [1.807, 2.05) is 0 Å². The van der Waals surface area contributed by atoms with Gasteiger partial charge in [0.15, 0.2) is 0 Å². The second-order valence-electron chi connectivity index (χ2n) is 1.35. The van der Waals surface area contributed by atoms with Crippen molar-refractivity contribution in [2.45, 2.75) is 0 Å². The third kappa shape index (κ3) is 4.49. The van der Waals surface area contributed by atoms with Gasteiger partial charge in [-0.15, -0.1) is 28.1 Å². The maximum absolute atomic E-state index is 12.0. The Morgan fingerprint density at radius 1 is 1.40 bits per heavy atom. The Hall–Kier alpha value is 0.686. The van der Waals surface area contributed by atoms with Crippen LogP contribution in [0.2, 0.25) is 0 Å². The zero-order valence-corrected chi connectivity index (χ0v) is 8.83. The van der Waals surface area contributed by atoms with Crippen LogP contribution in [0.25, 0.3) is 0 Å². The third-order valence-corrected chi connectivity index (χ3v) is 1.23. The SMILES string of the molecule is Fc1[c-]cc(Br)cc1.[Cl-].[Mg+2]. The summed E-state index contributed by atoms with van der Waals surface area (Å²) in [4.78, 5) is 0. The Balaban J connectivity index is 0. The first-order valence-corrected chi connectivity index (χ1v) is 2.91. The Morgan fingerprint density at radius 2 is 2.00 bits per heavy atom. The molecular weight excluding hydrogens is 231 g/mol. The third-order valence-electron chi connectivity index (χ3n) is 0.737. The quantitative estimate of drug-likeness (QED) is 0.399. The molecule has 0 spiro atoms. The largest absolute Gasteiger partial charge is 2.00 e. The van der Waals surface area contributed by atoms with E-state index < -0.39 is 0 Å². The maximum Gasteiger partial charge on any atom is 2.00 e. The van der Waals surface area contributed by atoms with Crippen LogP contribution in [0.5, 0.6) is 0 Å². The Labute approximate surface area is 89.9 Å². The molecule has 0 saturated heterocycles. The summed E-state index contributed by atoms with van der Waals surface area (Å²) < 4.78 is 12.9. The number of hydrogen-bond acceptors (Lipinski definition) is 0. The van der Waals surface area contributed by atoms with E-state index in [9.17, 15) is 4.39 Å². The van der Waals surface area contributed by atoms with Crippen molar-refractivity contribution in [1.82, 2.24) is 0 Å². The van der Waals surface area contributed by atoms with Gasteiger partial charge in [-0.25, -0.2) is 4.39 Å². The Bertz CT molecular complexity index is 157. The molecule has 0 nitrogen and oxygen atoms in total. The minimum absolute atomic E-state index is 0. The normalized spacial score (nSPS) is 7.40. The van der Waals surface area contributed by atoms with Crippen molar-refractivity contribution in [1.29, 1.82) is 0 Å². The van der Waals surface area contributed by atoms with Crippen LogP contribution in [0.4, 0.5) is 4.39 Å². The van der Waals surface area contributed by atoms with Crippen LogP contribution >= 0.6 is 15.9 Å².